The molecule has 5 aromatic rings. The van der Waals surface area contributed by atoms with Crippen LogP contribution >= 0.6 is 11.6 Å². The summed E-state index contributed by atoms with van der Waals surface area (Å²) in [4.78, 5) is 46.7. The zero-order valence-corrected chi connectivity index (χ0v) is 21.8. The van der Waals surface area contributed by atoms with E-state index >= 15 is 0 Å². The van der Waals surface area contributed by atoms with Crippen molar-refractivity contribution < 1.29 is 19.8 Å². The Morgan fingerprint density at radius 3 is 2.33 bits per heavy atom. The SMILES string of the molecule is O=C(O)CCNC(=O)c1nc(-c2cncc(Cl)c2)c2c(cc(-c3ccccc3)c(=O)n2Cc2ccccc2)c1O. The van der Waals surface area contributed by atoms with Crippen LogP contribution in [0.1, 0.15) is 22.5 Å². The first-order valence-corrected chi connectivity index (χ1v) is 12.7. The molecule has 5 rings (SSSR count). The van der Waals surface area contributed by atoms with Crippen LogP contribution in [0.25, 0.3) is 33.3 Å². The number of amides is 1. The molecule has 0 spiro atoms. The lowest BCUT2D eigenvalue weighted by molar-refractivity contribution is -0.136. The van der Waals surface area contributed by atoms with E-state index in [0.717, 1.165) is 5.56 Å². The average molecular weight is 555 g/mol. The van der Waals surface area contributed by atoms with E-state index < -0.39 is 17.6 Å². The smallest absolute Gasteiger partial charge is 0.305 e. The minimum Gasteiger partial charge on any atom is -0.505 e. The Kier molecular flexibility index (Phi) is 7.56. The molecule has 10 heteroatoms. The summed E-state index contributed by atoms with van der Waals surface area (Å²) in [5, 5.41) is 23.4. The summed E-state index contributed by atoms with van der Waals surface area (Å²) >= 11 is 6.24. The molecule has 0 aliphatic rings. The van der Waals surface area contributed by atoms with Gasteiger partial charge >= 0.3 is 5.97 Å². The second-order valence-corrected chi connectivity index (χ2v) is 9.45. The number of aromatic hydroxyl groups is 1. The number of hydrogen-bond acceptors (Lipinski definition) is 6. The van der Waals surface area contributed by atoms with Gasteiger partial charge in [0.2, 0.25) is 0 Å². The second kappa shape index (κ2) is 11.4. The number of carboxylic acid groups (broad SMARTS) is 1. The number of halogens is 1. The Labute approximate surface area is 233 Å². The van der Waals surface area contributed by atoms with Crippen molar-refractivity contribution in [3.8, 4) is 28.1 Å². The Morgan fingerprint density at radius 1 is 0.950 bits per heavy atom. The van der Waals surface area contributed by atoms with Crippen LogP contribution in [0.15, 0.2) is 90.0 Å². The van der Waals surface area contributed by atoms with Gasteiger partial charge in [0.1, 0.15) is 0 Å². The number of pyridine rings is 3. The van der Waals surface area contributed by atoms with E-state index in [9.17, 15) is 19.5 Å². The number of aromatic nitrogens is 3. The quantitative estimate of drug-likeness (QED) is 0.252. The van der Waals surface area contributed by atoms with Gasteiger partial charge in [0, 0.05) is 35.5 Å². The first kappa shape index (κ1) is 26.6. The standard InChI is InChI=1S/C30H23ClN4O5/c31-21-13-20(15-32-16-21)25-27-23(28(38)26(34-25)29(39)33-12-11-24(36)37)14-22(19-9-5-2-6-10-19)30(40)35(27)17-18-7-3-1-4-8-18/h1-10,13-16,38H,11-12,17H2,(H,33,39)(H,36,37). The molecule has 9 nitrogen and oxygen atoms in total. The van der Waals surface area contributed by atoms with Gasteiger partial charge in [-0.05, 0) is 23.3 Å². The number of carboxylic acids is 1. The molecule has 3 N–H and O–H groups in total. The predicted octanol–water partition coefficient (Wildman–Crippen LogP) is 4.74. The molecule has 0 atom stereocenters. The molecule has 0 saturated carbocycles. The summed E-state index contributed by atoms with van der Waals surface area (Å²) < 4.78 is 1.52. The van der Waals surface area contributed by atoms with Gasteiger partial charge in [-0.3, -0.25) is 19.4 Å². The summed E-state index contributed by atoms with van der Waals surface area (Å²) in [7, 11) is 0. The van der Waals surface area contributed by atoms with Gasteiger partial charge in [0.25, 0.3) is 11.5 Å². The lowest BCUT2D eigenvalue weighted by Gasteiger charge is -2.19. The molecule has 0 unspecified atom stereocenters. The Bertz CT molecular complexity index is 1790. The van der Waals surface area contributed by atoms with Crippen LogP contribution in [0.5, 0.6) is 5.75 Å². The van der Waals surface area contributed by atoms with E-state index in [1.807, 2.05) is 36.4 Å². The van der Waals surface area contributed by atoms with Gasteiger partial charge in [-0.25, -0.2) is 4.98 Å². The first-order valence-electron chi connectivity index (χ1n) is 12.3. The zero-order valence-electron chi connectivity index (χ0n) is 21.0. The van der Waals surface area contributed by atoms with E-state index in [2.05, 4.69) is 15.3 Å². The fourth-order valence-corrected chi connectivity index (χ4v) is 4.63. The van der Waals surface area contributed by atoms with Crippen molar-refractivity contribution in [3.05, 3.63) is 112 Å². The molecule has 0 radical (unpaired) electrons. The Balaban J connectivity index is 1.84. The molecule has 0 fully saturated rings. The summed E-state index contributed by atoms with van der Waals surface area (Å²) in [5.74, 6) is -2.29. The third-order valence-electron chi connectivity index (χ3n) is 6.30. The number of fused-ring (bicyclic) bond motifs is 1. The topological polar surface area (TPSA) is 134 Å². The summed E-state index contributed by atoms with van der Waals surface area (Å²) in [6, 6.07) is 21.5. The van der Waals surface area contributed by atoms with E-state index in [1.165, 1.54) is 17.0 Å². The molecule has 0 aliphatic carbocycles. The van der Waals surface area contributed by atoms with Crippen molar-refractivity contribution in [3.63, 3.8) is 0 Å². The molecule has 3 heterocycles. The maximum atomic E-state index is 14.1. The number of rotatable bonds is 8. The second-order valence-electron chi connectivity index (χ2n) is 9.01. The van der Waals surface area contributed by atoms with Gasteiger partial charge in [-0.1, -0.05) is 72.3 Å². The van der Waals surface area contributed by atoms with E-state index in [0.29, 0.717) is 21.7 Å². The molecule has 1 amide bonds. The monoisotopic (exact) mass is 554 g/mol. The molecule has 40 heavy (non-hydrogen) atoms. The zero-order chi connectivity index (χ0) is 28.2. The number of nitrogens with one attached hydrogen (secondary N) is 1. The van der Waals surface area contributed by atoms with Gasteiger partial charge in [-0.2, -0.15) is 0 Å². The molecule has 0 bridgehead atoms. The fraction of sp³-hybridized carbons (Fsp3) is 0.100. The lowest BCUT2D eigenvalue weighted by Crippen LogP contribution is -2.28. The maximum absolute atomic E-state index is 14.1. The van der Waals surface area contributed by atoms with Crippen LogP contribution in [0.3, 0.4) is 0 Å². The van der Waals surface area contributed by atoms with Crippen molar-refractivity contribution in [2.75, 3.05) is 6.54 Å². The third kappa shape index (κ3) is 5.41. The molecule has 200 valence electrons. The fourth-order valence-electron chi connectivity index (χ4n) is 4.46. The number of aliphatic carboxylic acids is 1. The van der Waals surface area contributed by atoms with Gasteiger partial charge in [-0.15, -0.1) is 0 Å². The molecule has 2 aromatic carbocycles. The minimum absolute atomic E-state index is 0.156. The van der Waals surface area contributed by atoms with E-state index in [1.54, 1.807) is 36.4 Å². The Hall–Kier alpha value is -5.02. The number of carbonyl (C=O) groups excluding carboxylic acids is 1. The highest BCUT2D eigenvalue weighted by atomic mass is 35.5. The summed E-state index contributed by atoms with van der Waals surface area (Å²) in [6.07, 6.45) is 2.64. The van der Waals surface area contributed by atoms with Gasteiger partial charge in [0.05, 0.1) is 29.2 Å². The highest BCUT2D eigenvalue weighted by Crippen LogP contribution is 2.36. The molecular weight excluding hydrogens is 532 g/mol. The number of nitrogens with zero attached hydrogens (tertiary/aromatic N) is 3. The highest BCUT2D eigenvalue weighted by molar-refractivity contribution is 6.30. The van der Waals surface area contributed by atoms with E-state index in [-0.39, 0.29) is 47.4 Å². The average Bonchev–Trinajstić information content (AvgIpc) is 2.95. The summed E-state index contributed by atoms with van der Waals surface area (Å²) in [6.45, 7) is -0.00668. The Morgan fingerprint density at radius 2 is 1.65 bits per heavy atom. The van der Waals surface area contributed by atoms with Crippen LogP contribution in [-0.4, -0.2) is 43.2 Å². The van der Waals surface area contributed by atoms with Gasteiger partial charge < -0.3 is 20.1 Å². The van der Waals surface area contributed by atoms with Crippen LogP contribution in [0, 0.1) is 0 Å². The van der Waals surface area contributed by atoms with Crippen LogP contribution in [0.2, 0.25) is 5.02 Å². The van der Waals surface area contributed by atoms with Crippen molar-refractivity contribution in [1.82, 2.24) is 19.9 Å². The van der Waals surface area contributed by atoms with Crippen LogP contribution < -0.4 is 10.9 Å². The van der Waals surface area contributed by atoms with Crippen molar-refractivity contribution in [1.29, 1.82) is 0 Å². The van der Waals surface area contributed by atoms with Crippen LogP contribution in [-0.2, 0) is 11.3 Å². The molecule has 0 aliphatic heterocycles. The van der Waals surface area contributed by atoms with Crippen molar-refractivity contribution >= 4 is 34.4 Å². The van der Waals surface area contributed by atoms with Crippen LogP contribution in [0.4, 0.5) is 0 Å². The number of carbonyl (C=O) groups is 2. The van der Waals surface area contributed by atoms with Crippen molar-refractivity contribution in [2.45, 2.75) is 13.0 Å². The maximum Gasteiger partial charge on any atom is 0.305 e. The predicted molar refractivity (Wildman–Crippen MR) is 151 cm³/mol. The lowest BCUT2D eigenvalue weighted by atomic mass is 10.0. The number of hydrogen-bond donors (Lipinski definition) is 3. The molecule has 3 aromatic heterocycles. The van der Waals surface area contributed by atoms with Crippen molar-refractivity contribution in [2.24, 2.45) is 0 Å². The van der Waals surface area contributed by atoms with E-state index in [4.69, 9.17) is 16.7 Å². The molecular formula is C30H23ClN4O5. The number of benzene rings is 2. The summed E-state index contributed by atoms with van der Waals surface area (Å²) in [5.41, 5.74) is 2.06. The van der Waals surface area contributed by atoms with Gasteiger partial charge in [0.15, 0.2) is 11.4 Å². The first-order chi connectivity index (χ1) is 19.3. The largest absolute Gasteiger partial charge is 0.505 e. The molecule has 0 saturated heterocycles. The highest BCUT2D eigenvalue weighted by Gasteiger charge is 2.25. The minimum atomic E-state index is -1.08. The normalized spacial score (nSPS) is 10.9. The third-order valence-corrected chi connectivity index (χ3v) is 6.51.